The van der Waals surface area contributed by atoms with Crippen LogP contribution in [0.1, 0.15) is 17.3 Å². The lowest BCUT2D eigenvalue weighted by molar-refractivity contribution is 0.0993. The third-order valence-corrected chi connectivity index (χ3v) is 4.57. The highest BCUT2D eigenvalue weighted by molar-refractivity contribution is 9.10. The molecule has 1 aromatic carbocycles. The van der Waals surface area contributed by atoms with Gasteiger partial charge in [-0.05, 0) is 31.2 Å². The first-order valence-electron chi connectivity index (χ1n) is 6.84. The van der Waals surface area contributed by atoms with Crippen molar-refractivity contribution in [1.82, 2.24) is 15.2 Å². The topological polar surface area (TPSA) is 68.9 Å². The standard InChI is InChI=1S/C16H12BrN3O2S/c1-10(14(21)11-2-4-13(17)5-3-11)23-16-20-19-15(22-16)12-6-8-18-9-7-12/h2-10H,1H3/t10-/m0/s1. The van der Waals surface area contributed by atoms with Crippen LogP contribution in [0.4, 0.5) is 0 Å². The van der Waals surface area contributed by atoms with Crippen LogP contribution in [-0.4, -0.2) is 26.2 Å². The number of carbonyl (C=O) groups is 1. The van der Waals surface area contributed by atoms with Crippen molar-refractivity contribution in [1.29, 1.82) is 0 Å². The van der Waals surface area contributed by atoms with Crippen LogP contribution in [0.2, 0.25) is 0 Å². The first-order chi connectivity index (χ1) is 11.1. The molecule has 0 aliphatic heterocycles. The summed E-state index contributed by atoms with van der Waals surface area (Å²) in [5.74, 6) is 0.435. The Hall–Kier alpha value is -1.99. The average molecular weight is 390 g/mol. The average Bonchev–Trinajstić information content (AvgIpc) is 3.04. The highest BCUT2D eigenvalue weighted by Crippen LogP contribution is 2.27. The Balaban J connectivity index is 1.71. The number of carbonyl (C=O) groups excluding carboxylic acids is 1. The summed E-state index contributed by atoms with van der Waals surface area (Å²) in [4.78, 5) is 16.3. The van der Waals surface area contributed by atoms with E-state index in [9.17, 15) is 4.79 Å². The van der Waals surface area contributed by atoms with E-state index in [1.807, 2.05) is 19.1 Å². The Morgan fingerprint density at radius 1 is 1.13 bits per heavy atom. The number of pyridine rings is 1. The maximum absolute atomic E-state index is 12.4. The molecule has 0 unspecified atom stereocenters. The molecule has 0 radical (unpaired) electrons. The normalized spacial score (nSPS) is 12.1. The molecule has 116 valence electrons. The number of halogens is 1. The zero-order chi connectivity index (χ0) is 16.2. The predicted octanol–water partition coefficient (Wildman–Crippen LogP) is 4.26. The molecular formula is C16H12BrN3O2S. The van der Waals surface area contributed by atoms with Crippen LogP contribution < -0.4 is 0 Å². The van der Waals surface area contributed by atoms with Crippen LogP contribution in [0.15, 0.2) is 62.9 Å². The van der Waals surface area contributed by atoms with Gasteiger partial charge < -0.3 is 4.42 Å². The number of nitrogens with zero attached hydrogens (tertiary/aromatic N) is 3. The molecule has 0 spiro atoms. The highest BCUT2D eigenvalue weighted by atomic mass is 79.9. The van der Waals surface area contributed by atoms with Crippen molar-refractivity contribution in [3.8, 4) is 11.5 Å². The number of Topliss-reactive ketones (excluding diaryl/α,β-unsaturated/α-hetero) is 1. The summed E-state index contributed by atoms with van der Waals surface area (Å²) < 4.78 is 6.54. The fraction of sp³-hybridized carbons (Fsp3) is 0.125. The van der Waals surface area contributed by atoms with Crippen molar-refractivity contribution in [2.45, 2.75) is 17.4 Å². The molecule has 0 amide bonds. The molecule has 0 fully saturated rings. The van der Waals surface area contributed by atoms with Gasteiger partial charge in [0.25, 0.3) is 5.22 Å². The van der Waals surface area contributed by atoms with Gasteiger partial charge in [-0.1, -0.05) is 39.8 Å². The van der Waals surface area contributed by atoms with Gasteiger partial charge in [0.05, 0.1) is 5.25 Å². The van der Waals surface area contributed by atoms with Gasteiger partial charge >= 0.3 is 0 Å². The van der Waals surface area contributed by atoms with Gasteiger partial charge in [0.15, 0.2) is 5.78 Å². The maximum Gasteiger partial charge on any atom is 0.277 e. The molecule has 3 rings (SSSR count). The number of hydrogen-bond donors (Lipinski definition) is 0. The monoisotopic (exact) mass is 389 g/mol. The molecule has 0 saturated heterocycles. The summed E-state index contributed by atoms with van der Waals surface area (Å²) in [6.07, 6.45) is 3.32. The van der Waals surface area contributed by atoms with Crippen molar-refractivity contribution in [2.24, 2.45) is 0 Å². The number of benzene rings is 1. The Morgan fingerprint density at radius 2 is 1.83 bits per heavy atom. The molecule has 2 aromatic heterocycles. The Labute approximate surface area is 145 Å². The lowest BCUT2D eigenvalue weighted by Gasteiger charge is -2.07. The van der Waals surface area contributed by atoms with E-state index in [1.54, 1.807) is 36.7 Å². The quantitative estimate of drug-likeness (QED) is 0.479. The molecule has 23 heavy (non-hydrogen) atoms. The third kappa shape index (κ3) is 3.86. The van der Waals surface area contributed by atoms with E-state index in [0.29, 0.717) is 16.7 Å². The van der Waals surface area contributed by atoms with Crippen molar-refractivity contribution in [2.75, 3.05) is 0 Å². The molecule has 3 aromatic rings. The van der Waals surface area contributed by atoms with Gasteiger partial charge in [-0.3, -0.25) is 9.78 Å². The minimum absolute atomic E-state index is 0.0196. The molecule has 0 aliphatic rings. The van der Waals surface area contributed by atoms with Crippen LogP contribution in [-0.2, 0) is 0 Å². The number of thioether (sulfide) groups is 1. The smallest absolute Gasteiger partial charge is 0.277 e. The van der Waals surface area contributed by atoms with Crippen molar-refractivity contribution < 1.29 is 9.21 Å². The number of rotatable bonds is 5. The summed E-state index contributed by atoms with van der Waals surface area (Å²) >= 11 is 4.61. The summed E-state index contributed by atoms with van der Waals surface area (Å²) in [7, 11) is 0. The van der Waals surface area contributed by atoms with E-state index in [-0.39, 0.29) is 11.0 Å². The van der Waals surface area contributed by atoms with E-state index in [1.165, 1.54) is 11.8 Å². The summed E-state index contributed by atoms with van der Waals surface area (Å²) in [6, 6.07) is 10.9. The summed E-state index contributed by atoms with van der Waals surface area (Å²) in [5.41, 5.74) is 1.45. The first kappa shape index (κ1) is 15.9. The molecule has 0 N–H and O–H groups in total. The maximum atomic E-state index is 12.4. The van der Waals surface area contributed by atoms with Crippen LogP contribution in [0.25, 0.3) is 11.5 Å². The lowest BCUT2D eigenvalue weighted by Crippen LogP contribution is -2.13. The molecular weight excluding hydrogens is 378 g/mol. The molecule has 5 nitrogen and oxygen atoms in total. The van der Waals surface area contributed by atoms with E-state index in [2.05, 4.69) is 31.1 Å². The van der Waals surface area contributed by atoms with Crippen LogP contribution in [0.3, 0.4) is 0 Å². The van der Waals surface area contributed by atoms with Gasteiger partial charge in [-0.15, -0.1) is 10.2 Å². The number of aromatic nitrogens is 3. The van der Waals surface area contributed by atoms with Crippen molar-refractivity contribution in [3.63, 3.8) is 0 Å². The molecule has 1 atom stereocenters. The minimum Gasteiger partial charge on any atom is -0.411 e. The van der Waals surface area contributed by atoms with Gasteiger partial charge in [-0.2, -0.15) is 0 Å². The lowest BCUT2D eigenvalue weighted by atomic mass is 10.1. The fourth-order valence-electron chi connectivity index (χ4n) is 1.92. The molecule has 0 bridgehead atoms. The Kier molecular flexibility index (Phi) is 4.88. The van der Waals surface area contributed by atoms with Crippen LogP contribution in [0.5, 0.6) is 0 Å². The SMILES string of the molecule is C[C@H](Sc1nnc(-c2ccncc2)o1)C(=O)c1ccc(Br)cc1. The minimum atomic E-state index is -0.318. The Bertz CT molecular complexity index is 806. The number of ketones is 1. The van der Waals surface area contributed by atoms with E-state index < -0.39 is 0 Å². The molecule has 0 aliphatic carbocycles. The fourth-order valence-corrected chi connectivity index (χ4v) is 2.95. The van der Waals surface area contributed by atoms with Gasteiger partial charge in [0, 0.05) is 28.0 Å². The van der Waals surface area contributed by atoms with Crippen LogP contribution >= 0.6 is 27.7 Å². The zero-order valence-corrected chi connectivity index (χ0v) is 14.5. The second-order valence-electron chi connectivity index (χ2n) is 4.74. The van der Waals surface area contributed by atoms with Gasteiger partial charge in [-0.25, -0.2) is 0 Å². The molecule has 0 saturated carbocycles. The highest BCUT2D eigenvalue weighted by Gasteiger charge is 2.20. The summed E-state index contributed by atoms with van der Waals surface area (Å²) in [5, 5.41) is 8.04. The third-order valence-electron chi connectivity index (χ3n) is 3.11. The van der Waals surface area contributed by atoms with Gasteiger partial charge in [0.2, 0.25) is 5.89 Å². The van der Waals surface area contributed by atoms with Crippen molar-refractivity contribution >= 4 is 33.5 Å². The largest absolute Gasteiger partial charge is 0.411 e. The van der Waals surface area contributed by atoms with E-state index in [0.717, 1.165) is 10.0 Å². The van der Waals surface area contributed by atoms with E-state index in [4.69, 9.17) is 4.42 Å². The predicted molar refractivity (Wildman–Crippen MR) is 91.3 cm³/mol. The van der Waals surface area contributed by atoms with E-state index >= 15 is 0 Å². The Morgan fingerprint density at radius 3 is 2.52 bits per heavy atom. The van der Waals surface area contributed by atoms with Gasteiger partial charge in [0.1, 0.15) is 0 Å². The summed E-state index contributed by atoms with van der Waals surface area (Å²) in [6.45, 7) is 1.82. The molecule has 2 heterocycles. The zero-order valence-electron chi connectivity index (χ0n) is 12.1. The molecule has 7 heteroatoms. The second kappa shape index (κ2) is 7.06. The van der Waals surface area contributed by atoms with Crippen LogP contribution in [0, 0.1) is 0 Å². The number of hydrogen-bond acceptors (Lipinski definition) is 6. The first-order valence-corrected chi connectivity index (χ1v) is 8.51. The second-order valence-corrected chi connectivity index (χ2v) is 6.95. The van der Waals surface area contributed by atoms with Crippen molar-refractivity contribution in [3.05, 3.63) is 58.8 Å².